The molecule has 18 aromatic carbocycles. The second-order valence-corrected chi connectivity index (χ2v) is 33.8. The van der Waals surface area contributed by atoms with Crippen LogP contribution in [0.1, 0.15) is 72.2 Å². The fourth-order valence-corrected chi connectivity index (χ4v) is 20.1. The van der Waals surface area contributed by atoms with Crippen LogP contribution in [0.5, 0.6) is 23.0 Å². The van der Waals surface area contributed by atoms with Crippen molar-refractivity contribution in [3.63, 3.8) is 0 Å². The van der Waals surface area contributed by atoms with Gasteiger partial charge in [-0.1, -0.05) is 301 Å². The third-order valence-corrected chi connectivity index (χ3v) is 26.0. The van der Waals surface area contributed by atoms with Crippen molar-refractivity contribution in [3.8, 4) is 147 Å². The molecular weight excluding hydrogens is 1560 g/mol. The number of nitrogens with zero attached hydrogens (tertiary/aromatic N) is 8. The topological polar surface area (TPSA) is 127 Å². The first-order valence-electron chi connectivity index (χ1n) is 43.0. The van der Waals surface area contributed by atoms with E-state index in [0.717, 1.165) is 163 Å². The van der Waals surface area contributed by atoms with Crippen LogP contribution >= 0.6 is 0 Å². The van der Waals surface area contributed by atoms with E-state index < -0.39 is 5.41 Å². The smallest absolute Gasteiger partial charge is 0.152 e. The van der Waals surface area contributed by atoms with Crippen molar-refractivity contribution >= 4 is 68.2 Å². The second kappa shape index (κ2) is 30.9. The van der Waals surface area contributed by atoms with Gasteiger partial charge in [0.05, 0.1) is 67.8 Å². The van der Waals surface area contributed by atoms with E-state index in [9.17, 15) is 21.0 Å². The molecule has 4 aliphatic heterocycles. The molecule has 4 heterocycles. The van der Waals surface area contributed by atoms with Gasteiger partial charge >= 0.3 is 0 Å². The van der Waals surface area contributed by atoms with E-state index in [4.69, 9.17) is 9.47 Å². The molecule has 0 fully saturated rings. The van der Waals surface area contributed by atoms with Crippen molar-refractivity contribution in [2.45, 2.75) is 38.5 Å². The molecule has 0 spiro atoms. The Bertz CT molecular complexity index is 7620. The number of nitriles is 4. The van der Waals surface area contributed by atoms with Gasteiger partial charge in [0.1, 0.15) is 24.3 Å². The lowest BCUT2D eigenvalue weighted by molar-refractivity contribution is 0.477. The summed E-state index contributed by atoms with van der Waals surface area (Å²) in [5.74, 6) is 2.88. The van der Waals surface area contributed by atoms with E-state index in [1.807, 2.05) is 176 Å². The van der Waals surface area contributed by atoms with Crippen molar-refractivity contribution in [1.82, 2.24) is 0 Å². The Kier molecular flexibility index (Phi) is 18.6. The average Bonchev–Trinajstić information content (AvgIpc) is 0.724. The fourth-order valence-electron chi connectivity index (χ4n) is 20.1. The lowest BCUT2D eigenvalue weighted by Gasteiger charge is -2.42. The number of rotatable bonds is 13. The van der Waals surface area contributed by atoms with Crippen LogP contribution in [-0.4, -0.2) is 0 Å². The lowest BCUT2D eigenvalue weighted by atomic mass is 9.73. The summed E-state index contributed by atoms with van der Waals surface area (Å²) in [5, 5.41) is 46.3. The summed E-state index contributed by atoms with van der Waals surface area (Å²) in [5.41, 5.74) is 31.7. The monoisotopic (exact) mass is 1640 g/mol. The largest absolute Gasteiger partial charge is 0.453 e. The number of hydrogen-bond donors (Lipinski definition) is 0. The van der Waals surface area contributed by atoms with Crippen LogP contribution in [0, 0.1) is 45.3 Å². The molecule has 602 valence electrons. The molecule has 0 amide bonds. The van der Waals surface area contributed by atoms with E-state index in [1.165, 1.54) is 16.7 Å². The minimum Gasteiger partial charge on any atom is -0.453 e. The normalized spacial score (nSPS) is 13.2. The molecule has 0 bridgehead atoms. The fraction of sp³-hybridized carbons (Fsp3) is 0.0508. The van der Waals surface area contributed by atoms with Crippen LogP contribution in [0.3, 0.4) is 0 Å². The summed E-state index contributed by atoms with van der Waals surface area (Å²) >= 11 is 0. The van der Waals surface area contributed by atoms with Crippen molar-refractivity contribution in [2.24, 2.45) is 0 Å². The zero-order chi connectivity index (χ0) is 86.5. The Hall–Kier alpha value is -17.3. The highest BCUT2D eigenvalue weighted by Crippen LogP contribution is 2.60. The molecule has 0 aromatic heterocycles. The third-order valence-electron chi connectivity index (χ3n) is 26.0. The van der Waals surface area contributed by atoms with Gasteiger partial charge in [-0.05, 0) is 228 Å². The third kappa shape index (κ3) is 12.4. The maximum absolute atomic E-state index is 11.6. The maximum Gasteiger partial charge on any atom is 0.152 e. The predicted molar refractivity (Wildman–Crippen MR) is 517 cm³/mol. The zero-order valence-electron chi connectivity index (χ0n) is 70.5. The predicted octanol–water partition coefficient (Wildman–Crippen LogP) is 31.5. The van der Waals surface area contributed by atoms with Gasteiger partial charge in [0.15, 0.2) is 23.0 Å². The average molecular weight is 1640 g/mol. The van der Waals surface area contributed by atoms with Gasteiger partial charge in [-0.2, -0.15) is 21.0 Å². The molecule has 0 radical (unpaired) electrons. The minimum absolute atomic E-state index is 0.236. The van der Waals surface area contributed by atoms with E-state index in [2.05, 4.69) is 296 Å². The van der Waals surface area contributed by atoms with Gasteiger partial charge in [0, 0.05) is 55.8 Å². The Morgan fingerprint density at radius 1 is 0.188 bits per heavy atom. The van der Waals surface area contributed by atoms with Crippen molar-refractivity contribution in [1.29, 1.82) is 21.0 Å². The Balaban J connectivity index is 0.645. The van der Waals surface area contributed by atoms with E-state index >= 15 is 0 Å². The lowest BCUT2D eigenvalue weighted by Crippen LogP contribution is -2.30. The van der Waals surface area contributed by atoms with E-state index in [1.54, 1.807) is 0 Å². The summed E-state index contributed by atoms with van der Waals surface area (Å²) in [7, 11) is 0. The van der Waals surface area contributed by atoms with Crippen LogP contribution in [0.4, 0.5) is 68.2 Å². The molecule has 10 heteroatoms. The summed E-state index contributed by atoms with van der Waals surface area (Å²) < 4.78 is 13.5. The summed E-state index contributed by atoms with van der Waals surface area (Å²) in [6.45, 7) is 9.23. The van der Waals surface area contributed by atoms with Crippen LogP contribution in [-0.2, 0) is 10.8 Å². The van der Waals surface area contributed by atoms with Crippen LogP contribution < -0.4 is 29.1 Å². The first kappa shape index (κ1) is 76.8. The number of para-hydroxylation sites is 9. The number of benzene rings is 18. The van der Waals surface area contributed by atoms with E-state index in [-0.39, 0.29) is 5.41 Å². The number of fused-ring (bicyclic) bond motifs is 8. The zero-order valence-corrected chi connectivity index (χ0v) is 70.5. The van der Waals surface area contributed by atoms with Crippen molar-refractivity contribution in [3.05, 3.63) is 445 Å². The Morgan fingerprint density at radius 3 is 0.703 bits per heavy atom. The molecule has 0 unspecified atom stereocenters. The van der Waals surface area contributed by atoms with Crippen LogP contribution in [0.2, 0.25) is 0 Å². The molecule has 10 nitrogen and oxygen atoms in total. The highest BCUT2D eigenvalue weighted by atomic mass is 16.5. The van der Waals surface area contributed by atoms with E-state index in [0.29, 0.717) is 56.0 Å². The standard InChI is InChI=1S/C118H78N8O2/c1-117(2)93-37-17-20-40-97(93)123(98-41-21-18-38-94(98)117)85-59-49-79(50-60-85)113-109(75-29-9-5-10-30-75)89(71-119)90(72-120)110(76-31-11-6-12-32-76)114(113)80-51-61-86(62-52-80)124-99-42-22-19-39-95(99)118(3,4)96-69-83(57-67-100(96)124)84-58-68-104-108(70-84)128-107-48-28-25-45-103(107)126(104)88-65-55-82(56-66-88)116-112(78-35-15-8-16-36-78)92(74-122)91(73-121)111(77-33-13-7-14-34-77)115(116)81-53-63-87(64-54-81)125-101-43-23-26-46-105(101)127-106-47-27-24-44-102(106)125/h5-70H,1-4H3. The SMILES string of the molecule is CC1(C)c2ccccc2N(c2ccc(-c3c(-c4ccccc4)c(C#N)c(C#N)c(-c4ccccc4)c3-c3ccc(N4c5ccccc5C(C)(C)c5cc(-c6ccc7c(c6)Oc6ccccc6N7c6ccc(-c7c(-c8ccccc8)c(C#N)c(C#N)c(-c8ccccc8)c7-c7ccc(N8c9ccccc9Oc9ccccc98)cc7)cc6)ccc54)cc3)cc2)c2ccccc21. The highest BCUT2D eigenvalue weighted by Gasteiger charge is 2.41. The molecule has 0 saturated carbocycles. The first-order valence-corrected chi connectivity index (χ1v) is 43.0. The molecule has 4 aliphatic rings. The molecule has 0 saturated heterocycles. The number of hydrogen-bond acceptors (Lipinski definition) is 10. The second-order valence-electron chi connectivity index (χ2n) is 33.8. The van der Waals surface area contributed by atoms with Gasteiger partial charge in [0.25, 0.3) is 0 Å². The Morgan fingerprint density at radius 2 is 0.398 bits per heavy atom. The molecular formula is C118H78N8O2. The molecule has 128 heavy (non-hydrogen) atoms. The Labute approximate surface area is 744 Å². The van der Waals surface area contributed by atoms with Crippen molar-refractivity contribution < 1.29 is 9.47 Å². The summed E-state index contributed by atoms with van der Waals surface area (Å²) in [4.78, 5) is 9.22. The number of ether oxygens (including phenoxy) is 2. The molecule has 22 rings (SSSR count). The van der Waals surface area contributed by atoms with Gasteiger partial charge < -0.3 is 29.1 Å². The molecule has 0 atom stereocenters. The van der Waals surface area contributed by atoms with Crippen LogP contribution in [0.25, 0.3) is 100 Å². The number of anilines is 12. The molecule has 0 N–H and O–H groups in total. The van der Waals surface area contributed by atoms with Gasteiger partial charge in [-0.25, -0.2) is 0 Å². The quantitative estimate of drug-likeness (QED) is 0.110. The molecule has 0 aliphatic carbocycles. The van der Waals surface area contributed by atoms with Gasteiger partial charge in [-0.15, -0.1) is 0 Å². The van der Waals surface area contributed by atoms with Crippen LogP contribution in [0.15, 0.2) is 400 Å². The maximum atomic E-state index is 11.6. The van der Waals surface area contributed by atoms with Crippen molar-refractivity contribution in [2.75, 3.05) is 19.6 Å². The minimum atomic E-state index is -0.462. The summed E-state index contributed by atoms with van der Waals surface area (Å²) in [6, 6.07) is 149. The van der Waals surface area contributed by atoms with Gasteiger partial charge in [-0.3, -0.25) is 0 Å². The molecule has 18 aromatic rings. The summed E-state index contributed by atoms with van der Waals surface area (Å²) in [6.07, 6.45) is 0. The first-order chi connectivity index (χ1) is 62.9. The highest BCUT2D eigenvalue weighted by molar-refractivity contribution is 6.09. The van der Waals surface area contributed by atoms with Gasteiger partial charge in [0.2, 0.25) is 0 Å².